The summed E-state index contributed by atoms with van der Waals surface area (Å²) < 4.78 is 0. The van der Waals surface area contributed by atoms with Gasteiger partial charge in [-0.05, 0) is 29.7 Å². The van der Waals surface area contributed by atoms with E-state index in [4.69, 9.17) is 0 Å². The van der Waals surface area contributed by atoms with Crippen LogP contribution in [0.3, 0.4) is 0 Å². The summed E-state index contributed by atoms with van der Waals surface area (Å²) in [4.78, 5) is 12.3. The van der Waals surface area contributed by atoms with Gasteiger partial charge in [0.05, 0.1) is 0 Å². The zero-order valence-corrected chi connectivity index (χ0v) is 10.3. The summed E-state index contributed by atoms with van der Waals surface area (Å²) in [5, 5.41) is 3.97. The van der Waals surface area contributed by atoms with Crippen LogP contribution in [-0.4, -0.2) is 5.78 Å². The van der Waals surface area contributed by atoms with Crippen LogP contribution in [0.25, 0.3) is 0 Å². The summed E-state index contributed by atoms with van der Waals surface area (Å²) in [6, 6.07) is 1.96. The molecule has 0 aromatic carbocycles. The van der Waals surface area contributed by atoms with Gasteiger partial charge in [0.2, 0.25) is 0 Å². The van der Waals surface area contributed by atoms with Gasteiger partial charge in [0.1, 0.15) is 0 Å². The van der Waals surface area contributed by atoms with Crippen molar-refractivity contribution in [1.82, 2.24) is 0 Å². The second kappa shape index (κ2) is 4.09. The minimum Gasteiger partial charge on any atom is -0.294 e. The highest BCUT2D eigenvalue weighted by molar-refractivity contribution is 7.08. The monoisotopic (exact) mass is 222 g/mol. The van der Waals surface area contributed by atoms with Gasteiger partial charge in [0.15, 0.2) is 5.78 Å². The Balaban J connectivity index is 2.19. The molecule has 1 aromatic rings. The summed E-state index contributed by atoms with van der Waals surface area (Å²) in [6.45, 7) is 4.47. The van der Waals surface area contributed by atoms with Crippen molar-refractivity contribution in [1.29, 1.82) is 0 Å². The molecule has 2 heteroatoms. The largest absolute Gasteiger partial charge is 0.294 e. The Morgan fingerprint density at radius 3 is 2.87 bits per heavy atom. The van der Waals surface area contributed by atoms with Crippen LogP contribution in [0.15, 0.2) is 16.8 Å². The predicted molar refractivity (Wildman–Crippen MR) is 64.4 cm³/mol. The third kappa shape index (κ3) is 2.15. The molecule has 1 atom stereocenters. The molecule has 82 valence electrons. The summed E-state index contributed by atoms with van der Waals surface area (Å²) >= 11 is 1.61. The first-order chi connectivity index (χ1) is 7.11. The van der Waals surface area contributed by atoms with E-state index >= 15 is 0 Å². The highest BCUT2D eigenvalue weighted by Crippen LogP contribution is 2.42. The Morgan fingerprint density at radius 2 is 2.27 bits per heavy atom. The van der Waals surface area contributed by atoms with E-state index in [1.807, 2.05) is 16.8 Å². The molecule has 1 unspecified atom stereocenters. The van der Waals surface area contributed by atoms with Crippen LogP contribution in [0.2, 0.25) is 0 Å². The molecule has 1 nitrogen and oxygen atoms in total. The topological polar surface area (TPSA) is 17.1 Å². The Morgan fingerprint density at radius 1 is 1.47 bits per heavy atom. The molecule has 0 aliphatic heterocycles. The fraction of sp³-hybridized carbons (Fsp3) is 0.615. The van der Waals surface area contributed by atoms with Crippen LogP contribution in [0.4, 0.5) is 0 Å². The zero-order valence-electron chi connectivity index (χ0n) is 9.45. The fourth-order valence-electron chi connectivity index (χ4n) is 2.59. The number of Topliss-reactive ketones (excluding diaryl/α,β-unsaturated/α-hetero) is 1. The summed E-state index contributed by atoms with van der Waals surface area (Å²) in [5.41, 5.74) is 1.11. The Labute approximate surface area is 95.5 Å². The van der Waals surface area contributed by atoms with Crippen molar-refractivity contribution in [3.8, 4) is 0 Å². The smallest absolute Gasteiger partial charge is 0.167 e. The second-order valence-electron chi connectivity index (χ2n) is 5.16. The van der Waals surface area contributed by atoms with Crippen LogP contribution in [0.5, 0.6) is 0 Å². The Hall–Kier alpha value is -0.630. The molecule has 0 N–H and O–H groups in total. The molecular weight excluding hydrogens is 204 g/mol. The van der Waals surface area contributed by atoms with Crippen molar-refractivity contribution in [2.24, 2.45) is 11.3 Å². The predicted octanol–water partition coefficient (Wildman–Crippen LogP) is 4.15. The van der Waals surface area contributed by atoms with Gasteiger partial charge < -0.3 is 0 Å². The van der Waals surface area contributed by atoms with Gasteiger partial charge in [0, 0.05) is 16.9 Å². The van der Waals surface area contributed by atoms with E-state index in [0.29, 0.717) is 5.78 Å². The molecule has 0 amide bonds. The molecule has 0 saturated heterocycles. The molecule has 15 heavy (non-hydrogen) atoms. The Bertz CT molecular complexity index is 337. The average molecular weight is 222 g/mol. The number of hydrogen-bond donors (Lipinski definition) is 0. The van der Waals surface area contributed by atoms with E-state index in [1.54, 1.807) is 11.3 Å². The molecule has 1 aliphatic rings. The van der Waals surface area contributed by atoms with Crippen LogP contribution < -0.4 is 0 Å². The molecular formula is C13H18OS. The maximum absolute atomic E-state index is 12.3. The van der Waals surface area contributed by atoms with Gasteiger partial charge >= 0.3 is 0 Å². The standard InChI is InChI=1S/C13H18OS/c1-13(2)7-4-3-5-11(13)12(14)10-6-8-15-9-10/h6,8-9,11H,3-5,7H2,1-2H3. The molecule has 1 heterocycles. The van der Waals surface area contributed by atoms with E-state index in [9.17, 15) is 4.79 Å². The number of hydrogen-bond acceptors (Lipinski definition) is 2. The molecule has 1 aromatic heterocycles. The normalized spacial score (nSPS) is 25.1. The van der Waals surface area contributed by atoms with Crippen molar-refractivity contribution in [3.05, 3.63) is 22.4 Å². The number of carbonyl (C=O) groups is 1. The van der Waals surface area contributed by atoms with Gasteiger partial charge in [-0.2, -0.15) is 11.3 Å². The molecule has 0 spiro atoms. The number of carbonyl (C=O) groups excluding carboxylic acids is 1. The SMILES string of the molecule is CC1(C)CCCCC1C(=O)c1ccsc1. The fourth-order valence-corrected chi connectivity index (χ4v) is 3.23. The maximum atomic E-state index is 12.3. The maximum Gasteiger partial charge on any atom is 0.167 e. The molecule has 0 bridgehead atoms. The summed E-state index contributed by atoms with van der Waals surface area (Å²) in [7, 11) is 0. The lowest BCUT2D eigenvalue weighted by Gasteiger charge is -2.37. The van der Waals surface area contributed by atoms with Crippen molar-refractivity contribution < 1.29 is 4.79 Å². The molecule has 1 fully saturated rings. The molecule has 1 saturated carbocycles. The van der Waals surface area contributed by atoms with Crippen LogP contribution in [-0.2, 0) is 0 Å². The van der Waals surface area contributed by atoms with Gasteiger partial charge in [-0.3, -0.25) is 4.79 Å². The quantitative estimate of drug-likeness (QED) is 0.687. The van der Waals surface area contributed by atoms with Crippen molar-refractivity contribution in [2.45, 2.75) is 39.5 Å². The highest BCUT2D eigenvalue weighted by Gasteiger charge is 2.37. The van der Waals surface area contributed by atoms with Gasteiger partial charge in [-0.15, -0.1) is 0 Å². The van der Waals surface area contributed by atoms with Crippen LogP contribution in [0, 0.1) is 11.3 Å². The molecule has 1 aliphatic carbocycles. The zero-order chi connectivity index (χ0) is 10.9. The lowest BCUT2D eigenvalue weighted by molar-refractivity contribution is 0.0698. The Kier molecular flexibility index (Phi) is 2.96. The number of rotatable bonds is 2. The molecule has 0 radical (unpaired) electrons. The van der Waals surface area contributed by atoms with E-state index in [0.717, 1.165) is 12.0 Å². The van der Waals surface area contributed by atoms with Gasteiger partial charge in [-0.25, -0.2) is 0 Å². The minimum atomic E-state index is 0.192. The summed E-state index contributed by atoms with van der Waals surface area (Å²) in [6.07, 6.45) is 4.75. The van der Waals surface area contributed by atoms with Gasteiger partial charge in [-0.1, -0.05) is 26.7 Å². The third-order valence-electron chi connectivity index (χ3n) is 3.63. The lowest BCUT2D eigenvalue weighted by Crippen LogP contribution is -2.33. The highest BCUT2D eigenvalue weighted by atomic mass is 32.1. The first kappa shape index (κ1) is 10.9. The van der Waals surface area contributed by atoms with E-state index in [-0.39, 0.29) is 11.3 Å². The van der Waals surface area contributed by atoms with Gasteiger partial charge in [0.25, 0.3) is 0 Å². The summed E-state index contributed by atoms with van der Waals surface area (Å²) in [5.74, 6) is 0.599. The first-order valence-corrected chi connectivity index (χ1v) is 6.62. The van der Waals surface area contributed by atoms with Crippen molar-refractivity contribution >= 4 is 17.1 Å². The number of ketones is 1. The lowest BCUT2D eigenvalue weighted by atomic mass is 9.66. The molecule has 2 rings (SSSR count). The van der Waals surface area contributed by atoms with Crippen LogP contribution in [0.1, 0.15) is 49.9 Å². The first-order valence-electron chi connectivity index (χ1n) is 5.68. The van der Waals surface area contributed by atoms with E-state index in [2.05, 4.69) is 13.8 Å². The van der Waals surface area contributed by atoms with Crippen LogP contribution >= 0.6 is 11.3 Å². The minimum absolute atomic E-state index is 0.192. The van der Waals surface area contributed by atoms with E-state index < -0.39 is 0 Å². The van der Waals surface area contributed by atoms with Crippen molar-refractivity contribution in [3.63, 3.8) is 0 Å². The van der Waals surface area contributed by atoms with E-state index in [1.165, 1.54) is 19.3 Å². The second-order valence-corrected chi connectivity index (χ2v) is 5.94. The number of thiophene rings is 1. The van der Waals surface area contributed by atoms with Crippen molar-refractivity contribution in [2.75, 3.05) is 0 Å². The third-order valence-corrected chi connectivity index (χ3v) is 4.31. The average Bonchev–Trinajstić information content (AvgIpc) is 2.69.